The molecule has 13 heteroatoms. The van der Waals surface area contributed by atoms with E-state index in [0.29, 0.717) is 23.7 Å². The van der Waals surface area contributed by atoms with E-state index in [4.69, 9.17) is 0 Å². The van der Waals surface area contributed by atoms with Crippen molar-refractivity contribution in [3.63, 3.8) is 0 Å². The maximum Gasteiger partial charge on any atom is 0.243 e. The average molecular weight is 508 g/mol. The molecule has 0 amide bonds. The molecule has 4 aromatic heterocycles. The number of aromatic nitrogens is 8. The molecule has 184 valence electrons. The first-order valence-electron chi connectivity index (χ1n) is 11.4. The molecule has 1 fully saturated rings. The Hall–Kier alpha value is -3.97. The number of rotatable bonds is 8. The first kappa shape index (κ1) is 22.5. The Balaban J connectivity index is 1.19. The topological polar surface area (TPSA) is 125 Å². The van der Waals surface area contributed by atoms with Crippen LogP contribution in [0.4, 0.5) is 4.39 Å². The van der Waals surface area contributed by atoms with Gasteiger partial charge in [0.1, 0.15) is 22.7 Å². The van der Waals surface area contributed by atoms with Gasteiger partial charge in [0.05, 0.1) is 24.1 Å². The van der Waals surface area contributed by atoms with Gasteiger partial charge in [0, 0.05) is 30.7 Å². The molecular weight excluding hydrogens is 485 g/mol. The first-order valence-corrected chi connectivity index (χ1v) is 12.9. The number of fused-ring (bicyclic) bond motifs is 1. The van der Waals surface area contributed by atoms with Crippen LogP contribution in [0.15, 0.2) is 60.3 Å². The predicted molar refractivity (Wildman–Crippen MR) is 126 cm³/mol. The van der Waals surface area contributed by atoms with Crippen LogP contribution < -0.4 is 4.72 Å². The fourth-order valence-electron chi connectivity index (χ4n) is 4.16. The third-order valence-electron chi connectivity index (χ3n) is 6.26. The monoisotopic (exact) mass is 507 g/mol. The quantitative estimate of drug-likeness (QED) is 0.342. The second-order valence-electron chi connectivity index (χ2n) is 8.88. The molecule has 4 heterocycles. The Morgan fingerprint density at radius 3 is 2.78 bits per heavy atom. The molecule has 0 atom stereocenters. The number of benzene rings is 1. The summed E-state index contributed by atoms with van der Waals surface area (Å²) in [5.74, 6) is 0.113. The molecule has 6 rings (SSSR count). The molecule has 0 bridgehead atoms. The minimum atomic E-state index is -3.96. The smallest absolute Gasteiger partial charge is 0.243 e. The molecule has 1 saturated carbocycles. The van der Waals surface area contributed by atoms with E-state index in [1.54, 1.807) is 19.1 Å². The molecule has 36 heavy (non-hydrogen) atoms. The van der Waals surface area contributed by atoms with Crippen LogP contribution in [0.25, 0.3) is 11.3 Å². The zero-order chi connectivity index (χ0) is 24.9. The average Bonchev–Trinajstić information content (AvgIpc) is 3.23. The molecule has 0 aliphatic heterocycles. The van der Waals surface area contributed by atoms with Gasteiger partial charge in [-0.2, -0.15) is 5.10 Å². The van der Waals surface area contributed by atoms with Crippen molar-refractivity contribution in [1.29, 1.82) is 0 Å². The number of hydrogen-bond acceptors (Lipinski definition) is 7. The summed E-state index contributed by atoms with van der Waals surface area (Å²) in [4.78, 5) is 4.58. The van der Waals surface area contributed by atoms with Gasteiger partial charge < -0.3 is 4.40 Å². The fraction of sp³-hybridized carbons (Fsp3) is 0.261. The van der Waals surface area contributed by atoms with Gasteiger partial charge in [0.2, 0.25) is 10.0 Å². The molecule has 0 radical (unpaired) electrons. The van der Waals surface area contributed by atoms with Crippen LogP contribution in [0.1, 0.15) is 41.1 Å². The summed E-state index contributed by atoms with van der Waals surface area (Å²) in [7, 11) is -3.96. The Kier molecular flexibility index (Phi) is 5.38. The minimum absolute atomic E-state index is 0.0284. The summed E-state index contributed by atoms with van der Waals surface area (Å²) in [6.45, 7) is 1.63. The number of hydrogen-bond donors (Lipinski definition) is 1. The van der Waals surface area contributed by atoms with Gasteiger partial charge in [-0.3, -0.25) is 4.68 Å². The van der Waals surface area contributed by atoms with E-state index in [-0.39, 0.29) is 17.0 Å². The molecule has 0 saturated heterocycles. The summed E-state index contributed by atoms with van der Waals surface area (Å²) in [5.41, 5.74) is 3.75. The van der Waals surface area contributed by atoms with Gasteiger partial charge in [-0.25, -0.2) is 27.2 Å². The summed E-state index contributed by atoms with van der Waals surface area (Å²) in [6.07, 6.45) is 10.5. The van der Waals surface area contributed by atoms with Crippen molar-refractivity contribution < 1.29 is 12.8 Å². The van der Waals surface area contributed by atoms with Crippen molar-refractivity contribution in [3.8, 4) is 5.69 Å². The summed E-state index contributed by atoms with van der Waals surface area (Å²) in [5, 5.41) is 15.1. The fourth-order valence-corrected chi connectivity index (χ4v) is 5.11. The molecule has 5 aromatic rings. The molecule has 1 N–H and O–H groups in total. The van der Waals surface area contributed by atoms with Crippen molar-refractivity contribution >= 4 is 15.7 Å². The van der Waals surface area contributed by atoms with Gasteiger partial charge in [-0.1, -0.05) is 12.1 Å². The van der Waals surface area contributed by atoms with Crippen molar-refractivity contribution in [3.05, 3.63) is 83.6 Å². The lowest BCUT2D eigenvalue weighted by molar-refractivity contribution is 0.570. The molecular formula is C23H22FN9O2S. The zero-order valence-corrected chi connectivity index (χ0v) is 20.1. The zero-order valence-electron chi connectivity index (χ0n) is 19.3. The summed E-state index contributed by atoms with van der Waals surface area (Å²) < 4.78 is 48.1. The molecule has 1 aliphatic carbocycles. The van der Waals surface area contributed by atoms with Crippen molar-refractivity contribution in [2.24, 2.45) is 0 Å². The second-order valence-corrected chi connectivity index (χ2v) is 10.6. The van der Waals surface area contributed by atoms with Crippen molar-refractivity contribution in [2.45, 2.75) is 43.7 Å². The van der Waals surface area contributed by atoms with E-state index in [1.807, 2.05) is 16.7 Å². The van der Waals surface area contributed by atoms with E-state index in [1.165, 1.54) is 46.5 Å². The molecule has 1 aromatic carbocycles. The van der Waals surface area contributed by atoms with Gasteiger partial charge >= 0.3 is 0 Å². The third-order valence-corrected chi connectivity index (χ3v) is 7.62. The largest absolute Gasteiger partial charge is 0.306 e. The first-order chi connectivity index (χ1) is 17.4. The van der Waals surface area contributed by atoms with E-state index in [0.717, 1.165) is 11.3 Å². The highest BCUT2D eigenvalue weighted by Gasteiger charge is 2.24. The number of sulfonamides is 1. The molecule has 0 spiro atoms. The summed E-state index contributed by atoms with van der Waals surface area (Å²) in [6, 6.07) is 7.32. The Morgan fingerprint density at radius 2 is 2.00 bits per heavy atom. The Bertz CT molecular complexity index is 1670. The molecule has 11 nitrogen and oxygen atoms in total. The Labute approximate surface area is 205 Å². The number of aryl methyl sites for hydroxylation is 1. The van der Waals surface area contributed by atoms with Crippen LogP contribution in [-0.2, 0) is 23.1 Å². The van der Waals surface area contributed by atoms with Crippen LogP contribution in [-0.4, -0.2) is 47.8 Å². The van der Waals surface area contributed by atoms with Crippen LogP contribution in [0.3, 0.4) is 0 Å². The SMILES string of the molecule is Cc1ccc(-n2cnnn2)c(CNS(=O)(=O)c2cnn(Cc3cn4cc(C5CC5)ccc4n3)c2)c1F. The van der Waals surface area contributed by atoms with Crippen LogP contribution in [0, 0.1) is 12.7 Å². The van der Waals surface area contributed by atoms with E-state index >= 15 is 0 Å². The third kappa shape index (κ3) is 4.27. The van der Waals surface area contributed by atoms with E-state index in [2.05, 4.69) is 42.6 Å². The number of nitrogens with one attached hydrogen (secondary N) is 1. The van der Waals surface area contributed by atoms with Crippen LogP contribution >= 0.6 is 0 Å². The predicted octanol–water partition coefficient (Wildman–Crippen LogP) is 2.36. The van der Waals surface area contributed by atoms with Gasteiger partial charge in [-0.15, -0.1) is 5.10 Å². The summed E-state index contributed by atoms with van der Waals surface area (Å²) >= 11 is 0. The van der Waals surface area contributed by atoms with Crippen molar-refractivity contribution in [1.82, 2.24) is 44.1 Å². The van der Waals surface area contributed by atoms with Crippen molar-refractivity contribution in [2.75, 3.05) is 0 Å². The Morgan fingerprint density at radius 1 is 1.14 bits per heavy atom. The van der Waals surface area contributed by atoms with E-state index in [9.17, 15) is 12.8 Å². The minimum Gasteiger partial charge on any atom is -0.306 e. The van der Waals surface area contributed by atoms with Crippen LogP contribution in [0.5, 0.6) is 0 Å². The standard InChI is InChI=1S/C23H22FN9O2S/c1-15-2-6-21(33-14-25-29-30-33)20(23(15)24)9-27-36(34,35)19-8-26-32(13-19)12-18-11-31-10-17(16-3-4-16)5-7-22(31)28-18/h2,5-8,10-11,13-14,16,27H,3-4,9,12H2,1H3. The van der Waals surface area contributed by atoms with Gasteiger partial charge in [0.25, 0.3) is 0 Å². The lowest BCUT2D eigenvalue weighted by Crippen LogP contribution is -2.24. The number of halogens is 1. The molecule has 1 aliphatic rings. The number of nitrogens with zero attached hydrogens (tertiary/aromatic N) is 8. The highest BCUT2D eigenvalue weighted by Crippen LogP contribution is 2.39. The lowest BCUT2D eigenvalue weighted by Gasteiger charge is -2.12. The normalized spacial score (nSPS) is 14.1. The van der Waals surface area contributed by atoms with E-state index < -0.39 is 15.8 Å². The van der Waals surface area contributed by atoms with Crippen LogP contribution in [0.2, 0.25) is 0 Å². The number of tetrazole rings is 1. The maximum atomic E-state index is 14.9. The van der Waals surface area contributed by atoms with Gasteiger partial charge in [-0.05, 0) is 59.4 Å². The highest BCUT2D eigenvalue weighted by molar-refractivity contribution is 7.89. The highest BCUT2D eigenvalue weighted by atomic mass is 32.2. The number of pyridine rings is 1. The number of imidazole rings is 1. The second kappa shape index (κ2) is 8.60. The maximum absolute atomic E-state index is 14.9. The lowest BCUT2D eigenvalue weighted by atomic mass is 10.1. The molecule has 0 unspecified atom stereocenters. The van der Waals surface area contributed by atoms with Gasteiger partial charge in [0.15, 0.2) is 0 Å².